The Morgan fingerprint density at radius 3 is 2.72 bits per heavy atom. The van der Waals surface area contributed by atoms with Gasteiger partial charge in [0.2, 0.25) is 0 Å². The van der Waals surface area contributed by atoms with E-state index in [-0.39, 0.29) is 30.0 Å². The second-order valence-corrected chi connectivity index (χ2v) is 8.37. The number of hydrogen-bond acceptors (Lipinski definition) is 5. The lowest BCUT2D eigenvalue weighted by molar-refractivity contribution is -0.143. The Morgan fingerprint density at radius 2 is 1.97 bits per heavy atom. The molecule has 2 aromatic carbocycles. The van der Waals surface area contributed by atoms with E-state index in [2.05, 4.69) is 10.6 Å². The summed E-state index contributed by atoms with van der Waals surface area (Å²) in [7, 11) is 0. The summed E-state index contributed by atoms with van der Waals surface area (Å²) in [6, 6.07) is 9.35. The molecule has 0 radical (unpaired) electrons. The van der Waals surface area contributed by atoms with Crippen LogP contribution in [-0.2, 0) is 22.5 Å². The average Bonchev–Trinajstić information content (AvgIpc) is 3.30. The van der Waals surface area contributed by atoms with Crippen LogP contribution in [0.25, 0.3) is 11.1 Å². The summed E-state index contributed by atoms with van der Waals surface area (Å²) < 4.78 is 34.2. The average molecular weight is 497 g/mol. The van der Waals surface area contributed by atoms with Crippen molar-refractivity contribution in [2.24, 2.45) is 0 Å². The van der Waals surface area contributed by atoms with Gasteiger partial charge >= 0.3 is 12.0 Å². The number of fused-ring (bicyclic) bond motifs is 1. The van der Waals surface area contributed by atoms with Gasteiger partial charge in [0.25, 0.3) is 5.56 Å². The highest BCUT2D eigenvalue weighted by Crippen LogP contribution is 2.28. The number of nitrogens with zero attached hydrogens (tertiary/aromatic N) is 1. The van der Waals surface area contributed by atoms with Crippen LogP contribution in [0, 0.1) is 11.6 Å². The number of rotatable bonds is 7. The van der Waals surface area contributed by atoms with E-state index in [4.69, 9.17) is 4.74 Å². The molecule has 10 heteroatoms. The Balaban J connectivity index is 1.61. The van der Waals surface area contributed by atoms with Gasteiger partial charge in [-0.3, -0.25) is 9.59 Å². The number of amides is 2. The van der Waals surface area contributed by atoms with Crippen LogP contribution in [0.15, 0.2) is 53.3 Å². The van der Waals surface area contributed by atoms with Gasteiger partial charge < -0.3 is 25.0 Å². The topological polar surface area (TPSA) is 110 Å². The van der Waals surface area contributed by atoms with Crippen LogP contribution >= 0.6 is 0 Å². The van der Waals surface area contributed by atoms with Crippen molar-refractivity contribution in [3.8, 4) is 16.9 Å². The maximum atomic E-state index is 14.4. The van der Waals surface area contributed by atoms with Crippen molar-refractivity contribution in [2.75, 3.05) is 11.9 Å². The molecule has 0 bridgehead atoms. The molecule has 2 heterocycles. The molecule has 188 valence electrons. The van der Waals surface area contributed by atoms with E-state index in [0.29, 0.717) is 29.8 Å². The summed E-state index contributed by atoms with van der Waals surface area (Å²) in [5, 5.41) is 15.3. The molecular weight excluding hydrogens is 472 g/mol. The number of pyridine rings is 1. The summed E-state index contributed by atoms with van der Waals surface area (Å²) in [6.07, 6.45) is 1.17. The number of aryl methyl sites for hydroxylation is 1. The largest absolute Gasteiger partial charge is 0.505 e. The fourth-order valence-corrected chi connectivity index (χ4v) is 4.26. The predicted octanol–water partition coefficient (Wildman–Crippen LogP) is 4.26. The van der Waals surface area contributed by atoms with E-state index in [0.717, 1.165) is 18.6 Å². The van der Waals surface area contributed by atoms with Gasteiger partial charge in [0.15, 0.2) is 5.69 Å². The van der Waals surface area contributed by atoms with Gasteiger partial charge in [0.05, 0.1) is 19.1 Å². The summed E-state index contributed by atoms with van der Waals surface area (Å²) >= 11 is 0. The first-order chi connectivity index (χ1) is 17.3. The number of ether oxygens (including phenoxy) is 1. The third kappa shape index (κ3) is 5.37. The number of aromatic hydroxyl groups is 1. The zero-order valence-electron chi connectivity index (χ0n) is 19.5. The van der Waals surface area contributed by atoms with Crippen molar-refractivity contribution in [1.29, 1.82) is 0 Å². The van der Waals surface area contributed by atoms with Gasteiger partial charge in [-0.05, 0) is 49.1 Å². The van der Waals surface area contributed by atoms with Gasteiger partial charge in [0.1, 0.15) is 17.4 Å². The van der Waals surface area contributed by atoms with Crippen LogP contribution in [0.4, 0.5) is 19.3 Å². The van der Waals surface area contributed by atoms with Gasteiger partial charge in [-0.2, -0.15) is 0 Å². The standard InChI is InChI=1S/C26H25F2N3O5/c1-2-36-23(33)14-21(16-6-3-5-15(11-16)19-9-8-17(27)12-20(19)28)29-26(35)30-24-22(32)13-18-7-4-10-31(18)25(24)34/h3,5-6,8-9,11-13,21,32H,2,4,7,10,14H2,1H3,(H2,29,30,35)/t21-/m0/s1. The minimum absolute atomic E-state index is 0.137. The molecule has 1 atom stereocenters. The molecule has 0 aliphatic carbocycles. The molecule has 2 amide bonds. The third-order valence-corrected chi connectivity index (χ3v) is 5.93. The first kappa shape index (κ1) is 24.9. The molecule has 0 saturated carbocycles. The van der Waals surface area contributed by atoms with Gasteiger partial charge in [0, 0.05) is 29.9 Å². The van der Waals surface area contributed by atoms with Crippen molar-refractivity contribution in [3.63, 3.8) is 0 Å². The molecule has 1 aliphatic rings. The summed E-state index contributed by atoms with van der Waals surface area (Å²) in [5.74, 6) is -2.40. The molecule has 0 saturated heterocycles. The molecule has 1 aliphatic heterocycles. The van der Waals surface area contributed by atoms with Crippen molar-refractivity contribution in [1.82, 2.24) is 9.88 Å². The smallest absolute Gasteiger partial charge is 0.319 e. The fraction of sp³-hybridized carbons (Fsp3) is 0.269. The maximum absolute atomic E-state index is 14.4. The van der Waals surface area contributed by atoms with Crippen LogP contribution in [0.3, 0.4) is 0 Å². The fourth-order valence-electron chi connectivity index (χ4n) is 4.26. The second-order valence-electron chi connectivity index (χ2n) is 8.37. The predicted molar refractivity (Wildman–Crippen MR) is 129 cm³/mol. The van der Waals surface area contributed by atoms with E-state index in [1.807, 2.05) is 0 Å². The van der Waals surface area contributed by atoms with E-state index < -0.39 is 35.2 Å². The number of esters is 1. The second kappa shape index (κ2) is 10.6. The van der Waals surface area contributed by atoms with E-state index >= 15 is 0 Å². The lowest BCUT2D eigenvalue weighted by atomic mass is 9.97. The summed E-state index contributed by atoms with van der Waals surface area (Å²) in [5.41, 5.74) is 0.913. The number of carbonyl (C=O) groups is 2. The first-order valence-electron chi connectivity index (χ1n) is 11.5. The zero-order chi connectivity index (χ0) is 25.8. The minimum Gasteiger partial charge on any atom is -0.505 e. The minimum atomic E-state index is -0.910. The Kier molecular flexibility index (Phi) is 7.33. The number of anilines is 1. The van der Waals surface area contributed by atoms with E-state index in [1.54, 1.807) is 31.2 Å². The number of halogens is 2. The maximum Gasteiger partial charge on any atom is 0.319 e. The van der Waals surface area contributed by atoms with Crippen LogP contribution in [0.2, 0.25) is 0 Å². The number of nitrogens with one attached hydrogen (secondary N) is 2. The van der Waals surface area contributed by atoms with Gasteiger partial charge in [-0.15, -0.1) is 0 Å². The van der Waals surface area contributed by atoms with Crippen molar-refractivity contribution >= 4 is 17.7 Å². The molecule has 8 nitrogen and oxygen atoms in total. The lowest BCUT2D eigenvalue weighted by Crippen LogP contribution is -2.36. The Bertz CT molecular complexity index is 1370. The molecule has 0 unspecified atom stereocenters. The van der Waals surface area contributed by atoms with Crippen molar-refractivity contribution < 1.29 is 28.2 Å². The molecule has 0 fully saturated rings. The molecular formula is C26H25F2N3O5. The zero-order valence-corrected chi connectivity index (χ0v) is 19.5. The summed E-state index contributed by atoms with van der Waals surface area (Å²) in [4.78, 5) is 37.8. The van der Waals surface area contributed by atoms with Crippen LogP contribution in [-0.4, -0.2) is 28.3 Å². The lowest BCUT2D eigenvalue weighted by Gasteiger charge is -2.20. The number of hydrogen-bond donors (Lipinski definition) is 3. The number of urea groups is 1. The van der Waals surface area contributed by atoms with Gasteiger partial charge in [-0.1, -0.05) is 18.2 Å². The Hall–Kier alpha value is -4.21. The molecule has 36 heavy (non-hydrogen) atoms. The van der Waals surface area contributed by atoms with Crippen molar-refractivity contribution in [3.05, 3.63) is 81.8 Å². The quantitative estimate of drug-likeness (QED) is 0.423. The summed E-state index contributed by atoms with van der Waals surface area (Å²) in [6.45, 7) is 2.27. The highest BCUT2D eigenvalue weighted by molar-refractivity contribution is 5.91. The van der Waals surface area contributed by atoms with Crippen molar-refractivity contribution in [2.45, 2.75) is 38.8 Å². The van der Waals surface area contributed by atoms with Crippen LogP contribution < -0.4 is 16.2 Å². The molecule has 0 spiro atoms. The van der Waals surface area contributed by atoms with Gasteiger partial charge in [-0.25, -0.2) is 13.6 Å². The highest BCUT2D eigenvalue weighted by atomic mass is 19.1. The third-order valence-electron chi connectivity index (χ3n) is 5.93. The number of aromatic nitrogens is 1. The molecule has 3 N–H and O–H groups in total. The van der Waals surface area contributed by atoms with E-state index in [1.165, 1.54) is 16.7 Å². The number of carbonyl (C=O) groups excluding carboxylic acids is 2. The van der Waals surface area contributed by atoms with Crippen LogP contribution in [0.5, 0.6) is 5.75 Å². The van der Waals surface area contributed by atoms with Crippen LogP contribution in [0.1, 0.15) is 37.1 Å². The molecule has 3 aromatic rings. The monoisotopic (exact) mass is 497 g/mol. The first-order valence-corrected chi connectivity index (χ1v) is 11.5. The highest BCUT2D eigenvalue weighted by Gasteiger charge is 2.23. The van der Waals surface area contributed by atoms with E-state index in [9.17, 15) is 28.3 Å². The molecule has 1 aromatic heterocycles. The Morgan fingerprint density at radius 1 is 1.17 bits per heavy atom. The number of benzene rings is 2. The molecule has 4 rings (SSSR count). The Labute approximate surface area is 205 Å². The normalized spacial score (nSPS) is 13.1. The SMILES string of the molecule is CCOC(=O)C[C@H](NC(=O)Nc1c(O)cc2n(c1=O)CCC2)c1cccc(-c2ccc(F)cc2F)c1.